The third-order valence-corrected chi connectivity index (χ3v) is 6.60. The number of carbonyl (C=O) groups is 2. The number of pyridine rings is 1. The van der Waals surface area contributed by atoms with E-state index < -0.39 is 0 Å². The van der Waals surface area contributed by atoms with E-state index in [1.54, 1.807) is 24.5 Å². The lowest BCUT2D eigenvalue weighted by Gasteiger charge is -2.31. The van der Waals surface area contributed by atoms with E-state index in [9.17, 15) is 9.59 Å². The molecule has 1 aromatic carbocycles. The number of rotatable bonds is 5. The molecule has 0 bridgehead atoms. The van der Waals surface area contributed by atoms with Crippen molar-refractivity contribution >= 4 is 22.6 Å². The van der Waals surface area contributed by atoms with Crippen LogP contribution in [0.2, 0.25) is 0 Å². The van der Waals surface area contributed by atoms with Crippen LogP contribution in [0.1, 0.15) is 56.6 Å². The summed E-state index contributed by atoms with van der Waals surface area (Å²) in [6, 6.07) is 13.0. The summed E-state index contributed by atoms with van der Waals surface area (Å²) >= 11 is 0. The van der Waals surface area contributed by atoms with Crippen molar-refractivity contribution in [3.8, 4) is 6.07 Å². The van der Waals surface area contributed by atoms with Gasteiger partial charge >= 0.3 is 0 Å². The number of benzene rings is 1. The first-order chi connectivity index (χ1) is 17.0. The number of nitriles is 1. The monoisotopic (exact) mass is 464 g/mol. The molecule has 174 valence electrons. The van der Waals surface area contributed by atoms with Gasteiger partial charge in [0.2, 0.25) is 5.82 Å². The van der Waals surface area contributed by atoms with E-state index in [1.807, 2.05) is 30.1 Å². The van der Waals surface area contributed by atoms with E-state index in [-0.39, 0.29) is 23.9 Å². The van der Waals surface area contributed by atoms with Crippen molar-refractivity contribution in [2.75, 3.05) is 13.1 Å². The van der Waals surface area contributed by atoms with Gasteiger partial charge in [-0.05, 0) is 60.2 Å². The molecule has 0 radical (unpaired) electrons. The number of ketones is 1. The van der Waals surface area contributed by atoms with Gasteiger partial charge < -0.3 is 9.47 Å². The maximum Gasteiger partial charge on any atom is 0.291 e. The van der Waals surface area contributed by atoms with Crippen LogP contribution in [0, 0.1) is 11.3 Å². The molecule has 1 fully saturated rings. The van der Waals surface area contributed by atoms with E-state index in [1.165, 1.54) is 17.8 Å². The molecule has 35 heavy (non-hydrogen) atoms. The molecule has 0 atom stereocenters. The number of amides is 1. The number of aryl methyl sites for hydroxylation is 1. The van der Waals surface area contributed by atoms with Crippen LogP contribution in [0.5, 0.6) is 0 Å². The summed E-state index contributed by atoms with van der Waals surface area (Å²) in [5.41, 5.74) is 3.99. The molecule has 1 amide bonds. The number of hydrogen-bond acceptors (Lipinski definition) is 6. The van der Waals surface area contributed by atoms with Gasteiger partial charge in [0.15, 0.2) is 5.78 Å². The third-order valence-electron chi connectivity index (χ3n) is 6.60. The zero-order valence-corrected chi connectivity index (χ0v) is 19.4. The predicted octanol–water partition coefficient (Wildman–Crippen LogP) is 3.68. The molecule has 3 aromatic heterocycles. The minimum absolute atomic E-state index is 0.117. The molecule has 4 heterocycles. The van der Waals surface area contributed by atoms with Gasteiger partial charge in [-0.2, -0.15) is 5.26 Å². The van der Waals surface area contributed by atoms with Gasteiger partial charge in [0.05, 0.1) is 11.6 Å². The zero-order valence-electron chi connectivity index (χ0n) is 19.4. The van der Waals surface area contributed by atoms with Gasteiger partial charge in [0.25, 0.3) is 5.91 Å². The number of fused-ring (bicyclic) bond motifs is 1. The number of carbonyl (C=O) groups excluding carboxylic acids is 2. The van der Waals surface area contributed by atoms with Gasteiger partial charge in [-0.15, -0.1) is 0 Å². The minimum Gasteiger partial charge on any atom is -0.350 e. The van der Waals surface area contributed by atoms with Gasteiger partial charge in [-0.1, -0.05) is 6.07 Å². The number of nitrogens with zero attached hydrogens (tertiary/aromatic N) is 6. The van der Waals surface area contributed by atoms with E-state index in [0.29, 0.717) is 30.3 Å². The highest BCUT2D eigenvalue weighted by Gasteiger charge is 2.27. The lowest BCUT2D eigenvalue weighted by atomic mass is 9.88. The molecule has 0 saturated carbocycles. The third kappa shape index (κ3) is 4.53. The Kier molecular flexibility index (Phi) is 6.06. The van der Waals surface area contributed by atoms with E-state index >= 15 is 0 Å². The highest BCUT2D eigenvalue weighted by molar-refractivity contribution is 5.97. The number of aromatic nitrogens is 4. The van der Waals surface area contributed by atoms with Crippen LogP contribution in [0.15, 0.2) is 61.2 Å². The first kappa shape index (κ1) is 22.4. The Morgan fingerprint density at radius 3 is 2.57 bits per heavy atom. The maximum absolute atomic E-state index is 12.8. The Balaban J connectivity index is 1.34. The first-order valence-corrected chi connectivity index (χ1v) is 11.6. The van der Waals surface area contributed by atoms with Crippen LogP contribution in [0.4, 0.5) is 0 Å². The van der Waals surface area contributed by atoms with Crippen molar-refractivity contribution < 1.29 is 9.59 Å². The van der Waals surface area contributed by atoms with E-state index in [4.69, 9.17) is 5.26 Å². The van der Waals surface area contributed by atoms with Crippen molar-refractivity contribution in [2.45, 2.75) is 25.2 Å². The second kappa shape index (κ2) is 9.47. The molecule has 1 aliphatic rings. The highest BCUT2D eigenvalue weighted by atomic mass is 16.2. The molecule has 8 heteroatoms. The van der Waals surface area contributed by atoms with Crippen LogP contribution in [-0.4, -0.2) is 49.2 Å². The molecule has 0 unspecified atom stereocenters. The van der Waals surface area contributed by atoms with E-state index in [0.717, 1.165) is 29.3 Å². The summed E-state index contributed by atoms with van der Waals surface area (Å²) in [6.07, 6.45) is 8.75. The Morgan fingerprint density at radius 1 is 1.06 bits per heavy atom. The fourth-order valence-electron chi connectivity index (χ4n) is 4.78. The fraction of sp³-hybridized carbons (Fsp3) is 0.259. The van der Waals surface area contributed by atoms with E-state index in [2.05, 4.69) is 31.8 Å². The largest absolute Gasteiger partial charge is 0.350 e. The Morgan fingerprint density at radius 2 is 1.83 bits per heavy atom. The van der Waals surface area contributed by atoms with Crippen molar-refractivity contribution in [2.24, 2.45) is 7.05 Å². The molecule has 4 aromatic rings. The molecule has 0 spiro atoms. The Labute approximate surface area is 202 Å². The summed E-state index contributed by atoms with van der Waals surface area (Å²) < 4.78 is 2.11. The highest BCUT2D eigenvalue weighted by Crippen LogP contribution is 2.35. The topological polar surface area (TPSA) is 105 Å². The summed E-state index contributed by atoms with van der Waals surface area (Å²) in [5, 5.41) is 10.2. The first-order valence-electron chi connectivity index (χ1n) is 11.6. The predicted molar refractivity (Wildman–Crippen MR) is 130 cm³/mol. The summed E-state index contributed by atoms with van der Waals surface area (Å²) in [4.78, 5) is 39.6. The standard InChI is InChI=1S/C27H24N6O2/c1-32-17-22(20-6-11-33(12-7-20)27(35)26-30-8-2-9-31-26)21-13-18(3-4-24(21)32)15-25(34)23-14-19(16-28)5-10-29-23/h2-5,8-10,13-14,17,20H,6-7,11-12,15H2,1H3. The molecule has 0 N–H and O–H groups in total. The lowest BCUT2D eigenvalue weighted by Crippen LogP contribution is -2.38. The lowest BCUT2D eigenvalue weighted by molar-refractivity contribution is 0.0700. The van der Waals surface area contributed by atoms with Crippen molar-refractivity contribution in [1.29, 1.82) is 5.26 Å². The number of likely N-dealkylation sites (tertiary alicyclic amines) is 1. The summed E-state index contributed by atoms with van der Waals surface area (Å²) in [6.45, 7) is 1.30. The molecule has 8 nitrogen and oxygen atoms in total. The SMILES string of the molecule is Cn1cc(C2CCN(C(=O)c3ncccn3)CC2)c2cc(CC(=O)c3cc(C#N)ccn3)ccc21. The quantitative estimate of drug-likeness (QED) is 0.417. The van der Waals surface area contributed by atoms with Gasteiger partial charge in [-0.3, -0.25) is 14.6 Å². The number of Topliss-reactive ketones (excluding diaryl/α,β-unsaturated/α-hetero) is 1. The average Bonchev–Trinajstić information content (AvgIpc) is 3.24. The van der Waals surface area contributed by atoms with Crippen molar-refractivity contribution in [3.63, 3.8) is 0 Å². The van der Waals surface area contributed by atoms with Crippen LogP contribution < -0.4 is 0 Å². The fourth-order valence-corrected chi connectivity index (χ4v) is 4.78. The molecule has 5 rings (SSSR count). The normalized spacial score (nSPS) is 14.1. The van der Waals surface area contributed by atoms with Crippen LogP contribution in [0.3, 0.4) is 0 Å². The molecule has 1 aliphatic heterocycles. The van der Waals surface area contributed by atoms with Crippen LogP contribution in [0.25, 0.3) is 10.9 Å². The van der Waals surface area contributed by atoms with Crippen LogP contribution in [-0.2, 0) is 13.5 Å². The number of piperidine rings is 1. The van der Waals surface area contributed by atoms with Gasteiger partial charge in [-0.25, -0.2) is 9.97 Å². The van der Waals surface area contributed by atoms with Crippen molar-refractivity contribution in [1.82, 2.24) is 24.4 Å². The Bertz CT molecular complexity index is 1450. The molecule has 0 aliphatic carbocycles. The Hall–Kier alpha value is -4.38. The summed E-state index contributed by atoms with van der Waals surface area (Å²) in [7, 11) is 2.03. The second-order valence-corrected chi connectivity index (χ2v) is 8.83. The van der Waals surface area contributed by atoms with Crippen LogP contribution >= 0.6 is 0 Å². The minimum atomic E-state index is -0.128. The summed E-state index contributed by atoms with van der Waals surface area (Å²) in [5.74, 6) is 0.310. The second-order valence-electron chi connectivity index (χ2n) is 8.83. The van der Waals surface area contributed by atoms with Crippen molar-refractivity contribution in [3.05, 3.63) is 89.4 Å². The maximum atomic E-state index is 12.8. The smallest absolute Gasteiger partial charge is 0.291 e. The molecular formula is C27H24N6O2. The average molecular weight is 465 g/mol. The van der Waals surface area contributed by atoms with Gasteiger partial charge in [0.1, 0.15) is 5.69 Å². The molecule has 1 saturated heterocycles. The number of hydrogen-bond donors (Lipinski definition) is 0. The zero-order chi connectivity index (χ0) is 24.4. The molecular weight excluding hydrogens is 440 g/mol. The van der Waals surface area contributed by atoms with Gasteiger partial charge in [0, 0.05) is 62.2 Å².